The maximum atomic E-state index is 12.7. The van der Waals surface area contributed by atoms with Gasteiger partial charge in [-0.3, -0.25) is 4.79 Å². The third-order valence-corrected chi connectivity index (χ3v) is 4.73. The molecule has 0 aliphatic carbocycles. The van der Waals surface area contributed by atoms with Gasteiger partial charge in [-0.25, -0.2) is 0 Å². The summed E-state index contributed by atoms with van der Waals surface area (Å²) in [6, 6.07) is 15.1. The van der Waals surface area contributed by atoms with E-state index in [2.05, 4.69) is 0 Å². The lowest BCUT2D eigenvalue weighted by atomic mass is 9.98. The van der Waals surface area contributed by atoms with Crippen LogP contribution in [0.1, 0.15) is 54.7 Å². The fraction of sp³-hybridized carbons (Fsp3) is 0.381. The lowest BCUT2D eigenvalue weighted by molar-refractivity contribution is 0.0711. The fourth-order valence-corrected chi connectivity index (χ4v) is 2.73. The molecular formula is C21H26ClNO2. The van der Waals surface area contributed by atoms with Crippen LogP contribution in [0.3, 0.4) is 0 Å². The maximum absolute atomic E-state index is 12.7. The maximum Gasteiger partial charge on any atom is 0.254 e. The number of rotatable bonds is 6. The lowest BCUT2D eigenvalue weighted by Gasteiger charge is -2.25. The number of nitrogens with zero attached hydrogens (tertiary/aromatic N) is 1. The molecule has 0 radical (unpaired) electrons. The zero-order chi connectivity index (χ0) is 18.6. The number of aryl methyl sites for hydroxylation is 1. The number of halogens is 1. The summed E-state index contributed by atoms with van der Waals surface area (Å²) in [5.41, 5.74) is 2.15. The molecule has 0 fully saturated rings. The molecule has 2 aromatic carbocycles. The Morgan fingerprint density at radius 2 is 1.68 bits per heavy atom. The van der Waals surface area contributed by atoms with E-state index in [4.69, 9.17) is 11.6 Å². The Morgan fingerprint density at radius 1 is 1.12 bits per heavy atom. The second-order valence-corrected chi connectivity index (χ2v) is 7.59. The van der Waals surface area contributed by atoms with Gasteiger partial charge < -0.3 is 10.0 Å². The van der Waals surface area contributed by atoms with Gasteiger partial charge in [0.15, 0.2) is 0 Å². The second kappa shape index (κ2) is 8.03. The van der Waals surface area contributed by atoms with E-state index in [1.54, 1.807) is 18.7 Å². The minimum Gasteiger partial charge on any atom is -0.390 e. The number of benzene rings is 2. The van der Waals surface area contributed by atoms with Crippen molar-refractivity contribution in [1.82, 2.24) is 4.90 Å². The molecule has 0 saturated carbocycles. The van der Waals surface area contributed by atoms with Gasteiger partial charge in [0.05, 0.1) is 11.6 Å². The number of amides is 1. The predicted molar refractivity (Wildman–Crippen MR) is 103 cm³/mol. The zero-order valence-corrected chi connectivity index (χ0v) is 16.0. The summed E-state index contributed by atoms with van der Waals surface area (Å²) in [4.78, 5) is 14.4. The van der Waals surface area contributed by atoms with Gasteiger partial charge >= 0.3 is 0 Å². The molecule has 0 aromatic heterocycles. The quantitative estimate of drug-likeness (QED) is 0.798. The summed E-state index contributed by atoms with van der Waals surface area (Å²) in [6.07, 6.45) is 1.47. The van der Waals surface area contributed by atoms with Gasteiger partial charge in [0.2, 0.25) is 0 Å². The average molecular weight is 360 g/mol. The van der Waals surface area contributed by atoms with Crippen LogP contribution in [0, 0.1) is 0 Å². The molecule has 0 spiro atoms. The molecule has 0 aliphatic rings. The van der Waals surface area contributed by atoms with Crippen LogP contribution in [0.5, 0.6) is 0 Å². The Morgan fingerprint density at radius 3 is 2.20 bits per heavy atom. The minimum absolute atomic E-state index is 0.0171. The predicted octanol–water partition coefficient (Wildman–Crippen LogP) is 4.88. The first-order valence-corrected chi connectivity index (χ1v) is 8.89. The minimum atomic E-state index is -0.678. The first-order chi connectivity index (χ1) is 11.7. The van der Waals surface area contributed by atoms with Gasteiger partial charge in [0, 0.05) is 17.6 Å². The van der Waals surface area contributed by atoms with Crippen molar-refractivity contribution in [3.63, 3.8) is 0 Å². The normalized spacial score (nSPS) is 12.7. The van der Waals surface area contributed by atoms with Gasteiger partial charge in [0.25, 0.3) is 5.91 Å². The molecule has 25 heavy (non-hydrogen) atoms. The number of aliphatic hydroxyl groups is 1. The molecule has 0 heterocycles. The number of hydrogen-bond acceptors (Lipinski definition) is 2. The molecule has 1 amide bonds. The highest BCUT2D eigenvalue weighted by Crippen LogP contribution is 2.23. The van der Waals surface area contributed by atoms with Crippen molar-refractivity contribution in [2.24, 2.45) is 0 Å². The Hall–Kier alpha value is -1.84. The van der Waals surface area contributed by atoms with Gasteiger partial charge in [0.1, 0.15) is 0 Å². The first kappa shape index (κ1) is 19.5. The van der Waals surface area contributed by atoms with Crippen LogP contribution < -0.4 is 0 Å². The number of hydrogen-bond donors (Lipinski definition) is 1. The van der Waals surface area contributed by atoms with Crippen LogP contribution in [0.15, 0.2) is 48.5 Å². The van der Waals surface area contributed by atoms with Crippen molar-refractivity contribution in [1.29, 1.82) is 0 Å². The third-order valence-electron chi connectivity index (χ3n) is 4.48. The van der Waals surface area contributed by atoms with Crippen molar-refractivity contribution in [3.05, 3.63) is 70.2 Å². The summed E-state index contributed by atoms with van der Waals surface area (Å²) in [5.74, 6) is -0.0171. The number of carbonyl (C=O) groups is 1. The molecular weight excluding hydrogens is 334 g/mol. The highest BCUT2D eigenvalue weighted by atomic mass is 35.5. The van der Waals surface area contributed by atoms with Crippen molar-refractivity contribution in [3.8, 4) is 0 Å². The smallest absolute Gasteiger partial charge is 0.254 e. The van der Waals surface area contributed by atoms with E-state index in [9.17, 15) is 9.90 Å². The van der Waals surface area contributed by atoms with Crippen LogP contribution in [0.2, 0.25) is 5.02 Å². The average Bonchev–Trinajstić information content (AvgIpc) is 2.58. The van der Waals surface area contributed by atoms with E-state index in [1.807, 2.05) is 62.5 Å². The zero-order valence-electron chi connectivity index (χ0n) is 15.3. The summed E-state index contributed by atoms with van der Waals surface area (Å²) >= 11 is 5.93. The first-order valence-electron chi connectivity index (χ1n) is 8.51. The van der Waals surface area contributed by atoms with E-state index in [-0.39, 0.29) is 11.9 Å². The lowest BCUT2D eigenvalue weighted by Crippen LogP contribution is -2.29. The van der Waals surface area contributed by atoms with Crippen molar-refractivity contribution < 1.29 is 9.90 Å². The highest BCUT2D eigenvalue weighted by molar-refractivity contribution is 6.30. The molecule has 1 atom stereocenters. The molecule has 0 unspecified atom stereocenters. The second-order valence-electron chi connectivity index (χ2n) is 7.15. The molecule has 134 valence electrons. The van der Waals surface area contributed by atoms with E-state index in [0.29, 0.717) is 17.0 Å². The molecule has 0 bridgehead atoms. The molecule has 2 rings (SSSR count). The Kier molecular flexibility index (Phi) is 6.26. The Balaban J connectivity index is 2.05. The molecule has 4 heteroatoms. The summed E-state index contributed by atoms with van der Waals surface area (Å²) in [7, 11) is 1.81. The van der Waals surface area contributed by atoms with Crippen LogP contribution in [-0.2, 0) is 6.42 Å². The van der Waals surface area contributed by atoms with Gasteiger partial charge in [-0.2, -0.15) is 0 Å². The van der Waals surface area contributed by atoms with Crippen molar-refractivity contribution in [2.75, 3.05) is 7.05 Å². The van der Waals surface area contributed by atoms with E-state index >= 15 is 0 Å². The van der Waals surface area contributed by atoms with Crippen molar-refractivity contribution >= 4 is 17.5 Å². The van der Waals surface area contributed by atoms with Gasteiger partial charge in [-0.15, -0.1) is 0 Å². The summed E-state index contributed by atoms with van der Waals surface area (Å²) in [6.45, 7) is 5.61. The van der Waals surface area contributed by atoms with Crippen LogP contribution in [0.4, 0.5) is 0 Å². The summed E-state index contributed by atoms with van der Waals surface area (Å²) in [5, 5.41) is 10.5. The topological polar surface area (TPSA) is 40.5 Å². The third kappa shape index (κ3) is 5.58. The van der Waals surface area contributed by atoms with E-state index < -0.39 is 5.60 Å². The fourth-order valence-electron chi connectivity index (χ4n) is 2.61. The van der Waals surface area contributed by atoms with Crippen molar-refractivity contribution in [2.45, 2.75) is 45.3 Å². The molecule has 3 nitrogen and oxygen atoms in total. The number of carbonyl (C=O) groups excluding carboxylic acids is 1. The molecule has 0 aliphatic heterocycles. The largest absolute Gasteiger partial charge is 0.390 e. The van der Waals surface area contributed by atoms with Crippen LogP contribution in [-0.4, -0.2) is 28.6 Å². The van der Waals surface area contributed by atoms with E-state index in [1.165, 1.54) is 0 Å². The van der Waals surface area contributed by atoms with Gasteiger partial charge in [-0.05, 0) is 69.0 Å². The molecule has 0 saturated heterocycles. The highest BCUT2D eigenvalue weighted by Gasteiger charge is 2.19. The Labute approximate surface area is 155 Å². The monoisotopic (exact) mass is 359 g/mol. The van der Waals surface area contributed by atoms with E-state index in [0.717, 1.165) is 17.5 Å². The summed E-state index contributed by atoms with van der Waals surface area (Å²) < 4.78 is 0. The van der Waals surface area contributed by atoms with Crippen LogP contribution >= 0.6 is 11.6 Å². The SMILES string of the molecule is C[C@H](c1ccc(Cl)cc1)N(C)C(=O)c1ccc(CCC(C)(C)O)cc1. The molecule has 2 aromatic rings. The Bertz CT molecular complexity index is 702. The van der Waals surface area contributed by atoms with Gasteiger partial charge in [-0.1, -0.05) is 35.9 Å². The van der Waals surface area contributed by atoms with Crippen LogP contribution in [0.25, 0.3) is 0 Å². The molecule has 1 N–H and O–H groups in total. The standard InChI is InChI=1S/C21H26ClNO2/c1-15(17-9-11-19(22)12-10-17)23(4)20(24)18-7-5-16(6-8-18)13-14-21(2,3)25/h5-12,15,25H,13-14H2,1-4H3/t15-/m1/s1.